The number of hydrogen-bond acceptors (Lipinski definition) is 2. The Morgan fingerprint density at radius 1 is 1.43 bits per heavy atom. The van der Waals surface area contributed by atoms with Gasteiger partial charge >= 0.3 is 0 Å². The summed E-state index contributed by atoms with van der Waals surface area (Å²) in [7, 11) is 0. The van der Waals surface area contributed by atoms with E-state index >= 15 is 0 Å². The molecule has 2 atom stereocenters. The molecule has 4 heteroatoms. The van der Waals surface area contributed by atoms with Crippen LogP contribution in [0.1, 0.15) is 6.42 Å². The van der Waals surface area contributed by atoms with Crippen LogP contribution in [0.15, 0.2) is 24.3 Å². The summed E-state index contributed by atoms with van der Waals surface area (Å²) >= 11 is 5.71. The van der Waals surface area contributed by atoms with Crippen molar-refractivity contribution in [2.75, 3.05) is 5.32 Å². The number of amides is 1. The first kappa shape index (κ1) is 9.49. The van der Waals surface area contributed by atoms with E-state index in [0.717, 1.165) is 12.1 Å². The van der Waals surface area contributed by atoms with E-state index in [2.05, 4.69) is 5.32 Å². The molecular formula is C10H11ClN2O. The fourth-order valence-corrected chi connectivity index (χ4v) is 1.41. The lowest BCUT2D eigenvalue weighted by atomic mass is 10.3. The Kier molecular flexibility index (Phi) is 2.44. The van der Waals surface area contributed by atoms with Gasteiger partial charge in [0.25, 0.3) is 0 Å². The van der Waals surface area contributed by atoms with Crippen molar-refractivity contribution in [3.8, 4) is 0 Å². The molecule has 3 nitrogen and oxygen atoms in total. The summed E-state index contributed by atoms with van der Waals surface area (Å²) in [6.07, 6.45) is 0.791. The maximum absolute atomic E-state index is 11.4. The molecule has 1 fully saturated rings. The van der Waals surface area contributed by atoms with Gasteiger partial charge in [-0.25, -0.2) is 0 Å². The van der Waals surface area contributed by atoms with Gasteiger partial charge in [0.2, 0.25) is 5.91 Å². The molecule has 74 valence electrons. The number of rotatable bonds is 2. The number of nitrogens with two attached hydrogens (primary N) is 1. The van der Waals surface area contributed by atoms with Gasteiger partial charge in [0.15, 0.2) is 0 Å². The molecule has 0 heterocycles. The maximum Gasteiger partial charge on any atom is 0.229 e. The monoisotopic (exact) mass is 210 g/mol. The molecule has 1 aliphatic carbocycles. The molecular weight excluding hydrogens is 200 g/mol. The molecule has 1 saturated carbocycles. The first-order chi connectivity index (χ1) is 6.66. The van der Waals surface area contributed by atoms with E-state index in [4.69, 9.17) is 17.3 Å². The van der Waals surface area contributed by atoms with E-state index in [0.29, 0.717) is 5.02 Å². The van der Waals surface area contributed by atoms with E-state index in [1.54, 1.807) is 24.3 Å². The molecule has 1 amide bonds. The SMILES string of the molecule is NC1CC1C(=O)Nc1ccc(Cl)cc1. The van der Waals surface area contributed by atoms with Crippen LogP contribution < -0.4 is 11.1 Å². The molecule has 14 heavy (non-hydrogen) atoms. The lowest BCUT2D eigenvalue weighted by Gasteiger charge is -2.03. The predicted octanol–water partition coefficient (Wildman–Crippen LogP) is 1.63. The molecule has 0 bridgehead atoms. The summed E-state index contributed by atoms with van der Waals surface area (Å²) < 4.78 is 0. The second-order valence-electron chi connectivity index (χ2n) is 3.50. The fraction of sp³-hybridized carbons (Fsp3) is 0.300. The van der Waals surface area contributed by atoms with Gasteiger partial charge in [-0.15, -0.1) is 0 Å². The maximum atomic E-state index is 11.4. The van der Waals surface area contributed by atoms with Crippen molar-refractivity contribution in [2.45, 2.75) is 12.5 Å². The van der Waals surface area contributed by atoms with Crippen LogP contribution >= 0.6 is 11.6 Å². The zero-order valence-corrected chi connectivity index (χ0v) is 8.29. The van der Waals surface area contributed by atoms with Crippen LogP contribution in [0.2, 0.25) is 5.02 Å². The summed E-state index contributed by atoms with van der Waals surface area (Å²) in [5, 5.41) is 3.44. The van der Waals surface area contributed by atoms with E-state index in [1.165, 1.54) is 0 Å². The zero-order chi connectivity index (χ0) is 10.1. The number of hydrogen-bond donors (Lipinski definition) is 2. The van der Waals surface area contributed by atoms with Crippen LogP contribution in [0.4, 0.5) is 5.69 Å². The standard InChI is InChI=1S/C10H11ClN2O/c11-6-1-3-7(4-2-6)13-10(14)8-5-9(8)12/h1-4,8-9H,5,12H2,(H,13,14). The number of anilines is 1. The molecule has 2 unspecified atom stereocenters. The van der Waals surface area contributed by atoms with Crippen molar-refractivity contribution in [3.63, 3.8) is 0 Å². The van der Waals surface area contributed by atoms with Crippen LogP contribution in [0.5, 0.6) is 0 Å². The lowest BCUT2D eigenvalue weighted by Crippen LogP contribution is -2.18. The largest absolute Gasteiger partial charge is 0.327 e. The molecule has 1 aromatic rings. The Morgan fingerprint density at radius 3 is 2.50 bits per heavy atom. The van der Waals surface area contributed by atoms with Gasteiger partial charge in [0.05, 0.1) is 5.92 Å². The van der Waals surface area contributed by atoms with Gasteiger partial charge in [-0.05, 0) is 30.7 Å². The number of carbonyl (C=O) groups excluding carboxylic acids is 1. The highest BCUT2D eigenvalue weighted by molar-refractivity contribution is 6.30. The predicted molar refractivity (Wildman–Crippen MR) is 56.2 cm³/mol. The van der Waals surface area contributed by atoms with E-state index < -0.39 is 0 Å². The first-order valence-corrected chi connectivity index (χ1v) is 4.86. The topological polar surface area (TPSA) is 55.1 Å². The Bertz CT molecular complexity index is 350. The Labute approximate surface area is 87.2 Å². The molecule has 0 saturated heterocycles. The normalized spacial score (nSPS) is 24.4. The molecule has 0 aliphatic heterocycles. The van der Waals surface area contributed by atoms with Crippen molar-refractivity contribution in [3.05, 3.63) is 29.3 Å². The van der Waals surface area contributed by atoms with Crippen LogP contribution in [-0.2, 0) is 4.79 Å². The number of benzene rings is 1. The quantitative estimate of drug-likeness (QED) is 0.780. The van der Waals surface area contributed by atoms with Gasteiger partial charge in [0, 0.05) is 16.8 Å². The Balaban J connectivity index is 1.97. The van der Waals surface area contributed by atoms with Gasteiger partial charge in [-0.3, -0.25) is 4.79 Å². The third kappa shape index (κ3) is 2.05. The summed E-state index contributed by atoms with van der Waals surface area (Å²) in [5.41, 5.74) is 6.33. The highest BCUT2D eigenvalue weighted by Gasteiger charge is 2.39. The number of carbonyl (C=O) groups is 1. The molecule has 0 radical (unpaired) electrons. The van der Waals surface area contributed by atoms with Crippen molar-refractivity contribution in [2.24, 2.45) is 11.7 Å². The van der Waals surface area contributed by atoms with Crippen molar-refractivity contribution in [1.82, 2.24) is 0 Å². The van der Waals surface area contributed by atoms with Crippen molar-refractivity contribution in [1.29, 1.82) is 0 Å². The second kappa shape index (κ2) is 3.59. The van der Waals surface area contributed by atoms with Gasteiger partial charge < -0.3 is 11.1 Å². The lowest BCUT2D eigenvalue weighted by molar-refractivity contribution is -0.117. The second-order valence-corrected chi connectivity index (χ2v) is 3.94. The average molecular weight is 211 g/mol. The van der Waals surface area contributed by atoms with Crippen LogP contribution in [0.3, 0.4) is 0 Å². The molecule has 1 aliphatic rings. The third-order valence-electron chi connectivity index (χ3n) is 2.29. The van der Waals surface area contributed by atoms with Crippen LogP contribution in [0.25, 0.3) is 0 Å². The highest BCUT2D eigenvalue weighted by Crippen LogP contribution is 2.29. The molecule has 2 rings (SSSR count). The fourth-order valence-electron chi connectivity index (χ4n) is 1.28. The van der Waals surface area contributed by atoms with Crippen molar-refractivity contribution >= 4 is 23.2 Å². The van der Waals surface area contributed by atoms with Gasteiger partial charge in [-0.1, -0.05) is 11.6 Å². The molecule has 1 aromatic carbocycles. The number of nitrogens with one attached hydrogen (secondary N) is 1. The highest BCUT2D eigenvalue weighted by atomic mass is 35.5. The third-order valence-corrected chi connectivity index (χ3v) is 2.54. The average Bonchev–Trinajstić information content (AvgIpc) is 2.87. The van der Waals surface area contributed by atoms with Gasteiger partial charge in [-0.2, -0.15) is 0 Å². The van der Waals surface area contributed by atoms with Gasteiger partial charge in [0.1, 0.15) is 0 Å². The molecule has 0 aromatic heterocycles. The smallest absolute Gasteiger partial charge is 0.229 e. The van der Waals surface area contributed by atoms with Crippen molar-refractivity contribution < 1.29 is 4.79 Å². The van der Waals surface area contributed by atoms with Crippen LogP contribution in [0, 0.1) is 5.92 Å². The summed E-state index contributed by atoms with van der Waals surface area (Å²) in [6, 6.07) is 7.07. The minimum absolute atomic E-state index is 0.000164. The summed E-state index contributed by atoms with van der Waals surface area (Å²) in [5.74, 6) is -0.00880. The molecule has 0 spiro atoms. The van der Waals surface area contributed by atoms with E-state index in [-0.39, 0.29) is 17.9 Å². The van der Waals surface area contributed by atoms with E-state index in [1.807, 2.05) is 0 Å². The summed E-state index contributed by atoms with van der Waals surface area (Å²) in [4.78, 5) is 11.4. The molecule has 3 N–H and O–H groups in total. The zero-order valence-electron chi connectivity index (χ0n) is 7.53. The van der Waals surface area contributed by atoms with E-state index in [9.17, 15) is 4.79 Å². The Morgan fingerprint density at radius 2 is 2.00 bits per heavy atom. The Hall–Kier alpha value is -1.06. The number of halogens is 1. The van der Waals surface area contributed by atoms with Crippen LogP contribution in [-0.4, -0.2) is 11.9 Å². The summed E-state index contributed by atoms with van der Waals surface area (Å²) in [6.45, 7) is 0. The first-order valence-electron chi connectivity index (χ1n) is 4.49. The minimum Gasteiger partial charge on any atom is -0.327 e. The minimum atomic E-state index is -0.00863.